The predicted molar refractivity (Wildman–Crippen MR) is 45.2 cm³/mol. The SMILES string of the molecule is C=CC(/C(F)=C(/F)[C@H](C)O)=C(\F)CF. The van der Waals surface area contributed by atoms with E-state index in [2.05, 4.69) is 6.58 Å². The second-order valence-corrected chi connectivity index (χ2v) is 2.49. The Balaban J connectivity index is 5.27. The van der Waals surface area contributed by atoms with Crippen LogP contribution in [0.15, 0.2) is 35.7 Å². The molecule has 0 radical (unpaired) electrons. The molecule has 1 N–H and O–H groups in total. The van der Waals surface area contributed by atoms with E-state index < -0.39 is 35.8 Å². The van der Waals surface area contributed by atoms with E-state index in [1.54, 1.807) is 0 Å². The van der Waals surface area contributed by atoms with E-state index in [9.17, 15) is 17.6 Å². The third-order valence-electron chi connectivity index (χ3n) is 1.43. The summed E-state index contributed by atoms with van der Waals surface area (Å²) in [4.78, 5) is 0. The number of rotatable bonds is 4. The van der Waals surface area contributed by atoms with Gasteiger partial charge in [-0.1, -0.05) is 12.7 Å². The fourth-order valence-corrected chi connectivity index (χ4v) is 0.703. The van der Waals surface area contributed by atoms with Gasteiger partial charge in [-0.15, -0.1) is 0 Å². The lowest BCUT2D eigenvalue weighted by Gasteiger charge is -2.04. The van der Waals surface area contributed by atoms with Crippen LogP contribution in [0, 0.1) is 0 Å². The first kappa shape index (κ1) is 12.9. The lowest BCUT2D eigenvalue weighted by molar-refractivity contribution is 0.196. The number of alkyl halides is 1. The molecule has 0 spiro atoms. The van der Waals surface area contributed by atoms with Gasteiger partial charge in [0, 0.05) is 5.57 Å². The first-order valence-electron chi connectivity index (χ1n) is 3.76. The highest BCUT2D eigenvalue weighted by Crippen LogP contribution is 2.24. The molecule has 14 heavy (non-hydrogen) atoms. The molecule has 0 aliphatic rings. The van der Waals surface area contributed by atoms with Gasteiger partial charge in [0.15, 0.2) is 11.7 Å². The molecule has 0 rings (SSSR count). The van der Waals surface area contributed by atoms with Crippen molar-refractivity contribution in [1.29, 1.82) is 0 Å². The van der Waals surface area contributed by atoms with E-state index in [0.717, 1.165) is 6.92 Å². The molecule has 1 nitrogen and oxygen atoms in total. The average Bonchev–Trinajstić information content (AvgIpc) is 2.16. The van der Waals surface area contributed by atoms with Crippen molar-refractivity contribution in [3.63, 3.8) is 0 Å². The third-order valence-corrected chi connectivity index (χ3v) is 1.43. The monoisotopic (exact) mass is 210 g/mol. The van der Waals surface area contributed by atoms with Crippen molar-refractivity contribution in [2.75, 3.05) is 6.67 Å². The average molecular weight is 210 g/mol. The van der Waals surface area contributed by atoms with Crippen LogP contribution in [0.2, 0.25) is 0 Å². The van der Waals surface area contributed by atoms with Crippen LogP contribution >= 0.6 is 0 Å². The van der Waals surface area contributed by atoms with Gasteiger partial charge in [-0.05, 0) is 6.92 Å². The van der Waals surface area contributed by atoms with Crippen LogP contribution in [0.5, 0.6) is 0 Å². The predicted octanol–water partition coefficient (Wildman–Crippen LogP) is 2.90. The summed E-state index contributed by atoms with van der Waals surface area (Å²) < 4.78 is 50.1. The Labute approximate surface area is 79.0 Å². The minimum atomic E-state index is -1.71. The zero-order valence-electron chi connectivity index (χ0n) is 7.53. The van der Waals surface area contributed by atoms with Crippen LogP contribution < -0.4 is 0 Å². The Morgan fingerprint density at radius 2 is 1.93 bits per heavy atom. The van der Waals surface area contributed by atoms with Gasteiger partial charge in [0.05, 0.1) is 0 Å². The first-order valence-corrected chi connectivity index (χ1v) is 3.76. The minimum Gasteiger partial charge on any atom is -0.386 e. The fourth-order valence-electron chi connectivity index (χ4n) is 0.703. The molecule has 0 heterocycles. The van der Waals surface area contributed by atoms with Crippen LogP contribution in [0.1, 0.15) is 6.92 Å². The number of allylic oxidation sites excluding steroid dienone is 4. The molecule has 0 aliphatic heterocycles. The van der Waals surface area contributed by atoms with Gasteiger partial charge in [-0.25, -0.2) is 17.6 Å². The van der Waals surface area contributed by atoms with E-state index in [1.807, 2.05) is 0 Å². The molecule has 0 fully saturated rings. The highest BCUT2D eigenvalue weighted by molar-refractivity contribution is 5.39. The van der Waals surface area contributed by atoms with Crippen molar-refractivity contribution in [3.05, 3.63) is 35.7 Å². The number of halogens is 4. The van der Waals surface area contributed by atoms with Crippen molar-refractivity contribution in [2.24, 2.45) is 0 Å². The molecule has 0 aliphatic carbocycles. The van der Waals surface area contributed by atoms with Crippen molar-refractivity contribution < 1.29 is 22.7 Å². The van der Waals surface area contributed by atoms with Crippen molar-refractivity contribution in [2.45, 2.75) is 13.0 Å². The number of aliphatic hydroxyl groups excluding tert-OH is 1. The van der Waals surface area contributed by atoms with E-state index in [0.29, 0.717) is 6.08 Å². The number of aliphatic hydroxyl groups is 1. The van der Waals surface area contributed by atoms with Crippen molar-refractivity contribution >= 4 is 0 Å². The summed E-state index contributed by atoms with van der Waals surface area (Å²) in [5.41, 5.74) is -0.911. The second-order valence-electron chi connectivity index (χ2n) is 2.49. The molecule has 0 aromatic rings. The molecular weight excluding hydrogens is 200 g/mol. The molecule has 0 aromatic carbocycles. The maximum atomic E-state index is 13.0. The van der Waals surface area contributed by atoms with Gasteiger partial charge in [0.1, 0.15) is 18.6 Å². The summed E-state index contributed by atoms with van der Waals surface area (Å²) in [6, 6.07) is 0. The van der Waals surface area contributed by atoms with E-state index in [-0.39, 0.29) is 0 Å². The molecule has 0 saturated carbocycles. The van der Waals surface area contributed by atoms with Crippen LogP contribution in [0.4, 0.5) is 17.6 Å². The maximum Gasteiger partial charge on any atom is 0.167 e. The standard InChI is InChI=1S/C9H10F4O/c1-3-6(7(11)4-10)9(13)8(12)5(2)14/h3,5,14H,1,4H2,2H3/b7-6+,9-8-/t5-/m0/s1. The Kier molecular flexibility index (Phi) is 5.15. The Morgan fingerprint density at radius 3 is 2.21 bits per heavy atom. The van der Waals surface area contributed by atoms with Gasteiger partial charge in [0.2, 0.25) is 0 Å². The highest BCUT2D eigenvalue weighted by Gasteiger charge is 2.17. The largest absolute Gasteiger partial charge is 0.386 e. The third kappa shape index (κ3) is 2.99. The summed E-state index contributed by atoms with van der Waals surface area (Å²) in [5, 5.41) is 8.64. The lowest BCUT2D eigenvalue weighted by Crippen LogP contribution is -2.03. The zero-order chi connectivity index (χ0) is 11.3. The van der Waals surface area contributed by atoms with Crippen LogP contribution in [0.3, 0.4) is 0 Å². The fraction of sp³-hybridized carbons (Fsp3) is 0.333. The van der Waals surface area contributed by atoms with Gasteiger partial charge in [0.25, 0.3) is 0 Å². The van der Waals surface area contributed by atoms with E-state index >= 15 is 0 Å². The normalized spacial score (nSPS) is 17.0. The minimum absolute atomic E-state index is 0.645. The molecule has 0 aromatic heterocycles. The molecule has 0 saturated heterocycles. The maximum absolute atomic E-state index is 13.0. The van der Waals surface area contributed by atoms with Gasteiger partial charge < -0.3 is 5.11 Å². The highest BCUT2D eigenvalue weighted by atomic mass is 19.2. The summed E-state index contributed by atoms with van der Waals surface area (Å²) in [6.45, 7) is 2.41. The number of hydrogen-bond acceptors (Lipinski definition) is 1. The van der Waals surface area contributed by atoms with Gasteiger partial charge >= 0.3 is 0 Å². The summed E-state index contributed by atoms with van der Waals surface area (Å²) in [6.07, 6.45) is -1.07. The molecule has 0 bridgehead atoms. The molecule has 1 atom stereocenters. The van der Waals surface area contributed by atoms with Crippen LogP contribution in [-0.2, 0) is 0 Å². The topological polar surface area (TPSA) is 20.2 Å². The lowest BCUT2D eigenvalue weighted by atomic mass is 10.1. The van der Waals surface area contributed by atoms with Crippen molar-refractivity contribution in [1.82, 2.24) is 0 Å². The molecule has 0 amide bonds. The smallest absolute Gasteiger partial charge is 0.167 e. The van der Waals surface area contributed by atoms with E-state index in [4.69, 9.17) is 5.11 Å². The quantitative estimate of drug-likeness (QED) is 0.558. The van der Waals surface area contributed by atoms with Crippen LogP contribution in [-0.4, -0.2) is 17.9 Å². The van der Waals surface area contributed by atoms with Crippen LogP contribution in [0.25, 0.3) is 0 Å². The Morgan fingerprint density at radius 1 is 1.43 bits per heavy atom. The van der Waals surface area contributed by atoms with Gasteiger partial charge in [-0.3, -0.25) is 0 Å². The first-order chi connectivity index (χ1) is 6.45. The van der Waals surface area contributed by atoms with Gasteiger partial charge in [-0.2, -0.15) is 0 Å². The summed E-state index contributed by atoms with van der Waals surface area (Å²) >= 11 is 0. The van der Waals surface area contributed by atoms with Crippen molar-refractivity contribution in [3.8, 4) is 0 Å². The molecule has 5 heteroatoms. The zero-order valence-corrected chi connectivity index (χ0v) is 7.53. The number of hydrogen-bond donors (Lipinski definition) is 1. The van der Waals surface area contributed by atoms with E-state index in [1.165, 1.54) is 0 Å². The Hall–Kier alpha value is -1.10. The molecule has 0 unspecified atom stereocenters. The second kappa shape index (κ2) is 5.59. The molecule has 80 valence electrons. The summed E-state index contributed by atoms with van der Waals surface area (Å²) in [5.74, 6) is -4.65. The molecular formula is C9H10F4O. The Bertz CT molecular complexity index is 279. The summed E-state index contributed by atoms with van der Waals surface area (Å²) in [7, 11) is 0.